The second-order valence-electron chi connectivity index (χ2n) is 6.02. The van der Waals surface area contributed by atoms with Crippen molar-refractivity contribution in [3.63, 3.8) is 0 Å². The van der Waals surface area contributed by atoms with Gasteiger partial charge in [0.05, 0.1) is 24.7 Å². The van der Waals surface area contributed by atoms with Crippen LogP contribution in [0.15, 0.2) is 79.3 Å². The number of amides is 1. The van der Waals surface area contributed by atoms with Crippen molar-refractivity contribution >= 4 is 11.6 Å². The number of hydrogen-bond acceptors (Lipinski definition) is 3. The number of aromatic nitrogens is 3. The van der Waals surface area contributed by atoms with Crippen molar-refractivity contribution in [3.05, 3.63) is 90.6 Å². The summed E-state index contributed by atoms with van der Waals surface area (Å²) in [5, 5.41) is 7.18. The molecule has 2 aromatic carbocycles. The number of para-hydroxylation sites is 2. The summed E-state index contributed by atoms with van der Waals surface area (Å²) in [7, 11) is 1.54. The van der Waals surface area contributed by atoms with Gasteiger partial charge in [-0.1, -0.05) is 18.2 Å². The largest absolute Gasteiger partial charge is 0.495 e. The first-order valence-corrected chi connectivity index (χ1v) is 8.59. The number of anilines is 1. The first kappa shape index (κ1) is 17.5. The quantitative estimate of drug-likeness (QED) is 0.571. The Morgan fingerprint density at radius 2 is 1.86 bits per heavy atom. The molecule has 0 atom stereocenters. The summed E-state index contributed by atoms with van der Waals surface area (Å²) in [5.74, 6) is 0.321. The van der Waals surface area contributed by atoms with E-state index in [4.69, 9.17) is 4.74 Å². The molecule has 1 N–H and O–H groups in total. The number of rotatable bonds is 5. The first-order chi connectivity index (χ1) is 13.7. The smallest absolute Gasteiger partial charge is 0.261 e. The lowest BCUT2D eigenvalue weighted by Gasteiger charge is -2.12. The first-order valence-electron chi connectivity index (χ1n) is 8.59. The van der Waals surface area contributed by atoms with E-state index in [1.165, 1.54) is 30.1 Å². The summed E-state index contributed by atoms with van der Waals surface area (Å²) in [6.45, 7) is 0. The molecule has 6 nitrogen and oxygen atoms in total. The molecule has 28 heavy (non-hydrogen) atoms. The number of methoxy groups -OCH3 is 1. The van der Waals surface area contributed by atoms with Gasteiger partial charge in [-0.2, -0.15) is 5.10 Å². The molecule has 1 amide bonds. The number of hydrogen-bond donors (Lipinski definition) is 1. The monoisotopic (exact) mass is 376 g/mol. The SMILES string of the molecule is COc1ccccc1NC(=O)c1cnn(-c2cccc(F)c2)c1-n1cccc1. The third-order valence-corrected chi connectivity index (χ3v) is 4.25. The van der Waals surface area contributed by atoms with Gasteiger partial charge in [0.2, 0.25) is 0 Å². The van der Waals surface area contributed by atoms with Gasteiger partial charge in [0, 0.05) is 12.4 Å². The van der Waals surface area contributed by atoms with Crippen LogP contribution in [-0.2, 0) is 0 Å². The molecule has 0 aliphatic carbocycles. The van der Waals surface area contributed by atoms with Crippen molar-refractivity contribution in [3.8, 4) is 17.3 Å². The zero-order chi connectivity index (χ0) is 19.5. The second-order valence-corrected chi connectivity index (χ2v) is 6.02. The molecule has 0 aliphatic heterocycles. The molecule has 4 aromatic rings. The Kier molecular flexibility index (Phi) is 4.63. The zero-order valence-electron chi connectivity index (χ0n) is 15.0. The number of nitrogens with zero attached hydrogens (tertiary/aromatic N) is 3. The fourth-order valence-electron chi connectivity index (χ4n) is 2.96. The van der Waals surface area contributed by atoms with Crippen LogP contribution in [0, 0.1) is 5.82 Å². The molecule has 0 bridgehead atoms. The van der Waals surface area contributed by atoms with Gasteiger partial charge in [-0.3, -0.25) is 4.79 Å². The van der Waals surface area contributed by atoms with Gasteiger partial charge in [0.25, 0.3) is 5.91 Å². The average Bonchev–Trinajstić information content (AvgIpc) is 3.37. The van der Waals surface area contributed by atoms with Gasteiger partial charge >= 0.3 is 0 Å². The Hall–Kier alpha value is -3.87. The van der Waals surface area contributed by atoms with E-state index in [2.05, 4.69) is 10.4 Å². The van der Waals surface area contributed by atoms with Crippen LogP contribution in [0.5, 0.6) is 5.75 Å². The summed E-state index contributed by atoms with van der Waals surface area (Å²) in [6, 6.07) is 16.9. The van der Waals surface area contributed by atoms with E-state index in [-0.39, 0.29) is 11.7 Å². The molecular formula is C21H17FN4O2. The van der Waals surface area contributed by atoms with E-state index in [9.17, 15) is 9.18 Å². The lowest BCUT2D eigenvalue weighted by molar-refractivity contribution is 0.102. The van der Waals surface area contributed by atoms with Gasteiger partial charge in [0.15, 0.2) is 5.82 Å². The van der Waals surface area contributed by atoms with E-state index in [1.54, 1.807) is 47.3 Å². The number of carbonyl (C=O) groups is 1. The maximum Gasteiger partial charge on any atom is 0.261 e. The van der Waals surface area contributed by atoms with Gasteiger partial charge in [-0.05, 0) is 42.5 Å². The molecule has 7 heteroatoms. The molecular weight excluding hydrogens is 359 g/mol. The van der Waals surface area contributed by atoms with E-state index in [0.717, 1.165) is 0 Å². The van der Waals surface area contributed by atoms with Crippen molar-refractivity contribution in [1.82, 2.24) is 14.3 Å². The van der Waals surface area contributed by atoms with E-state index in [0.29, 0.717) is 28.5 Å². The Morgan fingerprint density at radius 1 is 1.07 bits per heavy atom. The summed E-state index contributed by atoms with van der Waals surface area (Å²) in [5.41, 5.74) is 1.40. The molecule has 0 saturated heterocycles. The summed E-state index contributed by atoms with van der Waals surface area (Å²) in [6.07, 6.45) is 5.06. The van der Waals surface area contributed by atoms with Gasteiger partial charge in [-0.15, -0.1) is 0 Å². The predicted molar refractivity (Wildman–Crippen MR) is 104 cm³/mol. The Bertz CT molecular complexity index is 1120. The Labute approximate surface area is 160 Å². The Morgan fingerprint density at radius 3 is 2.61 bits per heavy atom. The highest BCUT2D eigenvalue weighted by Crippen LogP contribution is 2.26. The lowest BCUT2D eigenvalue weighted by Crippen LogP contribution is -2.15. The minimum atomic E-state index is -0.383. The number of nitrogens with one attached hydrogen (secondary N) is 1. The van der Waals surface area contributed by atoms with E-state index >= 15 is 0 Å². The molecule has 0 saturated carbocycles. The highest BCUT2D eigenvalue weighted by atomic mass is 19.1. The summed E-state index contributed by atoms with van der Waals surface area (Å²) in [4.78, 5) is 13.0. The molecule has 0 fully saturated rings. The molecule has 2 heterocycles. The minimum absolute atomic E-state index is 0.339. The van der Waals surface area contributed by atoms with Gasteiger partial charge < -0.3 is 14.6 Å². The van der Waals surface area contributed by atoms with Crippen LogP contribution in [0.1, 0.15) is 10.4 Å². The summed E-state index contributed by atoms with van der Waals surface area (Å²) >= 11 is 0. The van der Waals surface area contributed by atoms with Crippen molar-refractivity contribution in [2.75, 3.05) is 12.4 Å². The fourth-order valence-corrected chi connectivity index (χ4v) is 2.96. The van der Waals surface area contributed by atoms with Crippen molar-refractivity contribution in [2.45, 2.75) is 0 Å². The molecule has 2 aromatic heterocycles. The van der Waals surface area contributed by atoms with Crippen molar-refractivity contribution < 1.29 is 13.9 Å². The van der Waals surface area contributed by atoms with Crippen LogP contribution in [-0.4, -0.2) is 27.4 Å². The normalized spacial score (nSPS) is 10.6. The number of carbonyl (C=O) groups excluding carboxylic acids is 1. The van der Waals surface area contributed by atoms with Crippen molar-refractivity contribution in [1.29, 1.82) is 0 Å². The lowest BCUT2D eigenvalue weighted by atomic mass is 10.2. The maximum atomic E-state index is 13.7. The number of benzene rings is 2. The average molecular weight is 376 g/mol. The minimum Gasteiger partial charge on any atom is -0.495 e. The fraction of sp³-hybridized carbons (Fsp3) is 0.0476. The van der Waals surface area contributed by atoms with E-state index in [1.807, 2.05) is 18.2 Å². The highest BCUT2D eigenvalue weighted by Gasteiger charge is 2.21. The zero-order valence-corrected chi connectivity index (χ0v) is 15.0. The van der Waals surface area contributed by atoms with Crippen LogP contribution in [0.4, 0.5) is 10.1 Å². The highest BCUT2D eigenvalue weighted by molar-refractivity contribution is 6.07. The molecule has 0 radical (unpaired) electrons. The third kappa shape index (κ3) is 3.25. The molecule has 0 aliphatic rings. The maximum absolute atomic E-state index is 13.7. The van der Waals surface area contributed by atoms with Gasteiger partial charge in [0.1, 0.15) is 17.1 Å². The van der Waals surface area contributed by atoms with Crippen LogP contribution < -0.4 is 10.1 Å². The topological polar surface area (TPSA) is 61.1 Å². The molecule has 140 valence electrons. The van der Waals surface area contributed by atoms with Gasteiger partial charge in [-0.25, -0.2) is 9.07 Å². The van der Waals surface area contributed by atoms with Crippen LogP contribution in [0.25, 0.3) is 11.5 Å². The van der Waals surface area contributed by atoms with Crippen molar-refractivity contribution in [2.24, 2.45) is 0 Å². The summed E-state index contributed by atoms with van der Waals surface area (Å²) < 4.78 is 22.3. The van der Waals surface area contributed by atoms with Crippen LogP contribution >= 0.6 is 0 Å². The number of halogens is 1. The third-order valence-electron chi connectivity index (χ3n) is 4.25. The number of ether oxygens (including phenoxy) is 1. The Balaban J connectivity index is 1.78. The van der Waals surface area contributed by atoms with Crippen LogP contribution in [0.2, 0.25) is 0 Å². The standard InChI is InChI=1S/C21H17FN4O2/c1-28-19-10-3-2-9-18(19)24-20(27)17-14-23-26(16-8-6-7-15(22)13-16)21(17)25-11-4-5-12-25/h2-14H,1H3,(H,24,27). The predicted octanol–water partition coefficient (Wildman–Crippen LogP) is 4.06. The molecule has 0 spiro atoms. The van der Waals surface area contributed by atoms with Crippen LogP contribution in [0.3, 0.4) is 0 Å². The molecule has 0 unspecified atom stereocenters. The second kappa shape index (κ2) is 7.40. The van der Waals surface area contributed by atoms with E-state index < -0.39 is 0 Å². The molecule has 4 rings (SSSR count).